The van der Waals surface area contributed by atoms with Gasteiger partial charge in [0.05, 0.1) is 23.3 Å². The molecule has 7 nitrogen and oxygen atoms in total. The van der Waals surface area contributed by atoms with Crippen LogP contribution in [0.1, 0.15) is 35.7 Å². The van der Waals surface area contributed by atoms with E-state index in [1.165, 1.54) is 5.69 Å². The van der Waals surface area contributed by atoms with Crippen LogP contribution in [-0.2, 0) is 17.9 Å². The number of amides is 1. The summed E-state index contributed by atoms with van der Waals surface area (Å²) in [5.41, 5.74) is 4.09. The molecule has 1 aromatic carbocycles. The van der Waals surface area contributed by atoms with Gasteiger partial charge in [-0.25, -0.2) is 4.68 Å². The predicted octanol–water partition coefficient (Wildman–Crippen LogP) is 2.46. The van der Waals surface area contributed by atoms with Gasteiger partial charge in [0.2, 0.25) is 5.91 Å². The number of halogens is 1. The highest BCUT2D eigenvalue weighted by molar-refractivity contribution is 5.94. The second-order valence-electron chi connectivity index (χ2n) is 6.81. The Hall–Kier alpha value is -2.64. The van der Waals surface area contributed by atoms with Crippen molar-refractivity contribution in [1.29, 1.82) is 0 Å². The fourth-order valence-electron chi connectivity index (χ4n) is 3.80. The van der Waals surface area contributed by atoms with Crippen molar-refractivity contribution in [2.24, 2.45) is 0 Å². The molecule has 27 heavy (non-hydrogen) atoms. The summed E-state index contributed by atoms with van der Waals surface area (Å²) in [5.74, 6) is 0.691. The minimum absolute atomic E-state index is 0. The van der Waals surface area contributed by atoms with Crippen LogP contribution in [-0.4, -0.2) is 32.0 Å². The van der Waals surface area contributed by atoms with Crippen molar-refractivity contribution >= 4 is 24.1 Å². The first-order valence-corrected chi connectivity index (χ1v) is 9.00. The third kappa shape index (κ3) is 3.13. The smallest absolute Gasteiger partial charge is 0.226 e. The molecule has 0 saturated carbocycles. The first-order chi connectivity index (χ1) is 12.8. The molecular weight excluding hydrogens is 364 g/mol. The molecule has 0 saturated heterocycles. The molecule has 140 valence electrons. The van der Waals surface area contributed by atoms with Gasteiger partial charge in [-0.3, -0.25) is 9.48 Å². The average Bonchev–Trinajstić information content (AvgIpc) is 3.20. The van der Waals surface area contributed by atoms with Crippen LogP contribution in [0.25, 0.3) is 5.69 Å². The highest BCUT2D eigenvalue weighted by Crippen LogP contribution is 2.37. The van der Waals surface area contributed by atoms with E-state index in [-0.39, 0.29) is 24.2 Å². The lowest BCUT2D eigenvalue weighted by atomic mass is 9.91. The molecule has 1 unspecified atom stereocenters. The molecule has 2 aliphatic rings. The number of aryl methyl sites for hydroxylation is 1. The Morgan fingerprint density at radius 3 is 2.89 bits per heavy atom. The van der Waals surface area contributed by atoms with Gasteiger partial charge >= 0.3 is 0 Å². The number of fused-ring (bicyclic) bond motifs is 2. The standard InChI is InChI=1S/C19H20N6O.ClH/c26-18-10-15(17-9-14-11-20-7-4-8-24(14)23-17)16-12-21-25(19(16)22-18)13-5-2-1-3-6-13;/h1-3,5-6,9,12,15,20H,4,7-8,10-11H2,(H,22,26);1H. The van der Waals surface area contributed by atoms with Crippen LogP contribution in [0, 0.1) is 0 Å². The summed E-state index contributed by atoms with van der Waals surface area (Å²) in [6.07, 6.45) is 3.32. The van der Waals surface area contributed by atoms with Gasteiger partial charge in [0, 0.05) is 31.0 Å². The molecule has 2 N–H and O–H groups in total. The first kappa shape index (κ1) is 17.8. The fourth-order valence-corrected chi connectivity index (χ4v) is 3.80. The minimum Gasteiger partial charge on any atom is -0.311 e. The summed E-state index contributed by atoms with van der Waals surface area (Å²) in [4.78, 5) is 12.4. The quantitative estimate of drug-likeness (QED) is 0.711. The lowest BCUT2D eigenvalue weighted by Crippen LogP contribution is -2.25. The molecule has 2 aromatic heterocycles. The zero-order valence-electron chi connectivity index (χ0n) is 14.8. The Labute approximate surface area is 163 Å². The molecule has 0 bridgehead atoms. The minimum atomic E-state index is -0.0596. The van der Waals surface area contributed by atoms with E-state index in [9.17, 15) is 4.79 Å². The number of para-hydroxylation sites is 1. The molecule has 4 heterocycles. The number of nitrogens with zero attached hydrogens (tertiary/aromatic N) is 4. The van der Waals surface area contributed by atoms with Crippen LogP contribution in [0.2, 0.25) is 0 Å². The maximum atomic E-state index is 12.4. The third-order valence-corrected chi connectivity index (χ3v) is 5.09. The molecule has 1 amide bonds. The monoisotopic (exact) mass is 384 g/mol. The molecule has 5 rings (SSSR count). The van der Waals surface area contributed by atoms with E-state index < -0.39 is 0 Å². The highest BCUT2D eigenvalue weighted by Gasteiger charge is 2.32. The topological polar surface area (TPSA) is 76.8 Å². The van der Waals surface area contributed by atoms with E-state index in [4.69, 9.17) is 5.10 Å². The van der Waals surface area contributed by atoms with E-state index in [1.54, 1.807) is 4.68 Å². The van der Waals surface area contributed by atoms with Gasteiger partial charge in [-0.15, -0.1) is 12.4 Å². The van der Waals surface area contributed by atoms with Crippen molar-refractivity contribution in [1.82, 2.24) is 24.9 Å². The summed E-state index contributed by atoms with van der Waals surface area (Å²) in [5, 5.41) is 15.7. The van der Waals surface area contributed by atoms with Gasteiger partial charge in [0.1, 0.15) is 5.82 Å². The van der Waals surface area contributed by atoms with Crippen molar-refractivity contribution in [2.45, 2.75) is 31.8 Å². The molecule has 8 heteroatoms. The lowest BCUT2D eigenvalue weighted by molar-refractivity contribution is -0.116. The number of carbonyl (C=O) groups excluding carboxylic acids is 1. The maximum absolute atomic E-state index is 12.4. The normalized spacial score (nSPS) is 18.7. The lowest BCUT2D eigenvalue weighted by Gasteiger charge is -2.22. The molecule has 0 fully saturated rings. The number of nitrogens with one attached hydrogen (secondary N) is 2. The van der Waals surface area contributed by atoms with Gasteiger partial charge in [0.25, 0.3) is 0 Å². The van der Waals surface area contributed by atoms with Crippen molar-refractivity contribution in [2.75, 3.05) is 11.9 Å². The van der Waals surface area contributed by atoms with Crippen molar-refractivity contribution in [3.8, 4) is 5.69 Å². The summed E-state index contributed by atoms with van der Waals surface area (Å²) in [7, 11) is 0. The summed E-state index contributed by atoms with van der Waals surface area (Å²) in [6, 6.07) is 12.0. The van der Waals surface area contributed by atoms with Crippen molar-refractivity contribution < 1.29 is 4.79 Å². The number of anilines is 1. The summed E-state index contributed by atoms with van der Waals surface area (Å²) >= 11 is 0. The van der Waals surface area contributed by atoms with E-state index in [0.717, 1.165) is 48.8 Å². The second-order valence-corrected chi connectivity index (χ2v) is 6.81. The molecule has 0 spiro atoms. The Bertz CT molecular complexity index is 940. The summed E-state index contributed by atoms with van der Waals surface area (Å²) in [6.45, 7) is 2.75. The zero-order chi connectivity index (χ0) is 17.5. The number of hydrogen-bond donors (Lipinski definition) is 2. The molecule has 2 aliphatic heterocycles. The van der Waals surface area contributed by atoms with Crippen LogP contribution in [0.3, 0.4) is 0 Å². The molecular formula is C19H21ClN6O. The van der Waals surface area contributed by atoms with Crippen molar-refractivity contribution in [3.05, 3.63) is 59.5 Å². The molecule has 3 aromatic rings. The number of carbonyl (C=O) groups is 1. The first-order valence-electron chi connectivity index (χ1n) is 9.00. The van der Waals surface area contributed by atoms with Crippen LogP contribution in [0.15, 0.2) is 42.6 Å². The van der Waals surface area contributed by atoms with Crippen LogP contribution in [0.5, 0.6) is 0 Å². The number of rotatable bonds is 2. The SMILES string of the molecule is Cl.O=C1CC(c2cc3n(n2)CCCNC3)c2cnn(-c3ccccc3)c2N1. The zero-order valence-corrected chi connectivity index (χ0v) is 15.6. The Kier molecular flexibility index (Phi) is 4.72. The number of hydrogen-bond acceptors (Lipinski definition) is 4. The van der Waals surface area contributed by atoms with Crippen LogP contribution >= 0.6 is 12.4 Å². The van der Waals surface area contributed by atoms with E-state index in [0.29, 0.717) is 6.42 Å². The predicted molar refractivity (Wildman–Crippen MR) is 104 cm³/mol. The molecule has 0 aliphatic carbocycles. The van der Waals surface area contributed by atoms with E-state index in [2.05, 4.69) is 26.5 Å². The van der Waals surface area contributed by atoms with Crippen molar-refractivity contribution in [3.63, 3.8) is 0 Å². The fraction of sp³-hybridized carbons (Fsp3) is 0.316. The Balaban J connectivity index is 0.00000180. The average molecular weight is 385 g/mol. The molecule has 0 radical (unpaired) electrons. The Morgan fingerprint density at radius 1 is 1.19 bits per heavy atom. The van der Waals surface area contributed by atoms with Crippen LogP contribution < -0.4 is 10.6 Å². The highest BCUT2D eigenvalue weighted by atomic mass is 35.5. The van der Waals surface area contributed by atoms with E-state index in [1.807, 2.05) is 36.5 Å². The largest absolute Gasteiger partial charge is 0.311 e. The Morgan fingerprint density at radius 2 is 2.04 bits per heavy atom. The number of aromatic nitrogens is 4. The number of benzene rings is 1. The van der Waals surface area contributed by atoms with Gasteiger partial charge in [-0.2, -0.15) is 10.2 Å². The van der Waals surface area contributed by atoms with Crippen LogP contribution in [0.4, 0.5) is 5.82 Å². The van der Waals surface area contributed by atoms with Gasteiger partial charge in [-0.05, 0) is 31.2 Å². The van der Waals surface area contributed by atoms with E-state index >= 15 is 0 Å². The second kappa shape index (κ2) is 7.17. The maximum Gasteiger partial charge on any atom is 0.226 e. The third-order valence-electron chi connectivity index (χ3n) is 5.09. The summed E-state index contributed by atoms with van der Waals surface area (Å²) < 4.78 is 3.87. The molecule has 1 atom stereocenters. The van der Waals surface area contributed by atoms with Gasteiger partial charge in [0.15, 0.2) is 0 Å². The van der Waals surface area contributed by atoms with Gasteiger partial charge in [-0.1, -0.05) is 18.2 Å². The van der Waals surface area contributed by atoms with Gasteiger partial charge < -0.3 is 10.6 Å².